The first-order chi connectivity index (χ1) is 10.6. The lowest BCUT2D eigenvalue weighted by atomic mass is 10.2. The average molecular weight is 318 g/mol. The number of thioether (sulfide) groups is 1. The number of hydrogen-bond acceptors (Lipinski definition) is 5. The van der Waals surface area contributed by atoms with Gasteiger partial charge in [0.2, 0.25) is 11.8 Å². The SMILES string of the molecule is C=C(N/N=C1/NC(=O)[C@H](CC(=O)NCC)S1)c1ccccc1. The minimum Gasteiger partial charge on any atom is -0.356 e. The van der Waals surface area contributed by atoms with E-state index in [4.69, 9.17) is 0 Å². The van der Waals surface area contributed by atoms with Gasteiger partial charge in [0, 0.05) is 13.0 Å². The summed E-state index contributed by atoms with van der Waals surface area (Å²) in [5.41, 5.74) is 4.37. The smallest absolute Gasteiger partial charge is 0.240 e. The molecule has 22 heavy (non-hydrogen) atoms. The number of rotatable bonds is 6. The molecule has 3 N–H and O–H groups in total. The molecule has 1 aromatic carbocycles. The van der Waals surface area contributed by atoms with Gasteiger partial charge in [-0.1, -0.05) is 48.7 Å². The second-order valence-corrected chi connectivity index (χ2v) is 5.82. The molecule has 1 aliphatic heterocycles. The Balaban J connectivity index is 1.90. The van der Waals surface area contributed by atoms with Crippen LogP contribution >= 0.6 is 11.8 Å². The predicted molar refractivity (Wildman–Crippen MR) is 88.9 cm³/mol. The van der Waals surface area contributed by atoms with Crippen molar-refractivity contribution in [1.29, 1.82) is 0 Å². The highest BCUT2D eigenvalue weighted by molar-refractivity contribution is 8.15. The molecule has 1 heterocycles. The van der Waals surface area contributed by atoms with Gasteiger partial charge < -0.3 is 10.6 Å². The van der Waals surface area contributed by atoms with Crippen LogP contribution in [0.4, 0.5) is 0 Å². The molecule has 0 unspecified atom stereocenters. The number of hydrazone groups is 1. The van der Waals surface area contributed by atoms with Crippen LogP contribution < -0.4 is 16.1 Å². The maximum absolute atomic E-state index is 11.8. The van der Waals surface area contributed by atoms with Crippen molar-refractivity contribution in [2.24, 2.45) is 5.10 Å². The number of amides is 2. The summed E-state index contributed by atoms with van der Waals surface area (Å²) in [4.78, 5) is 23.3. The number of nitrogens with one attached hydrogen (secondary N) is 3. The molecule has 0 aromatic heterocycles. The van der Waals surface area contributed by atoms with E-state index in [0.717, 1.165) is 5.56 Å². The zero-order valence-electron chi connectivity index (χ0n) is 12.3. The fourth-order valence-corrected chi connectivity index (χ4v) is 2.78. The quantitative estimate of drug-likeness (QED) is 0.690. The van der Waals surface area contributed by atoms with Crippen LogP contribution in [0.5, 0.6) is 0 Å². The Bertz CT molecular complexity index is 601. The van der Waals surface area contributed by atoms with Crippen molar-refractivity contribution in [2.75, 3.05) is 6.54 Å². The van der Waals surface area contributed by atoms with Crippen LogP contribution in [0.25, 0.3) is 5.70 Å². The second-order valence-electron chi connectivity index (χ2n) is 4.63. The van der Waals surface area contributed by atoms with Gasteiger partial charge in [0.1, 0.15) is 5.25 Å². The van der Waals surface area contributed by atoms with Crippen LogP contribution in [-0.2, 0) is 9.59 Å². The lowest BCUT2D eigenvalue weighted by Gasteiger charge is -2.05. The first-order valence-electron chi connectivity index (χ1n) is 6.92. The van der Waals surface area contributed by atoms with Crippen LogP contribution in [0.2, 0.25) is 0 Å². The number of nitrogens with zero attached hydrogens (tertiary/aromatic N) is 1. The van der Waals surface area contributed by atoms with Gasteiger partial charge in [-0.25, -0.2) is 0 Å². The van der Waals surface area contributed by atoms with E-state index < -0.39 is 5.25 Å². The lowest BCUT2D eigenvalue weighted by Crippen LogP contribution is -2.31. The molecule has 1 fully saturated rings. The van der Waals surface area contributed by atoms with Crippen molar-refractivity contribution in [1.82, 2.24) is 16.1 Å². The summed E-state index contributed by atoms with van der Waals surface area (Å²) in [5, 5.41) is 9.44. The van der Waals surface area contributed by atoms with Crippen molar-refractivity contribution in [3.05, 3.63) is 42.5 Å². The molecule has 1 atom stereocenters. The molecule has 116 valence electrons. The molecule has 0 spiro atoms. The van der Waals surface area contributed by atoms with Crippen molar-refractivity contribution >= 4 is 34.4 Å². The normalized spacial score (nSPS) is 18.9. The summed E-state index contributed by atoms with van der Waals surface area (Å²) in [7, 11) is 0. The molecule has 0 aliphatic carbocycles. The Morgan fingerprint density at radius 2 is 2.14 bits per heavy atom. The Labute approximate surface area is 133 Å². The predicted octanol–water partition coefficient (Wildman–Crippen LogP) is 1.28. The molecule has 1 aliphatic rings. The van der Waals surface area contributed by atoms with Crippen LogP contribution in [0, 0.1) is 0 Å². The molecular formula is C15H18N4O2S. The van der Waals surface area contributed by atoms with Gasteiger partial charge in [0.25, 0.3) is 0 Å². The fraction of sp³-hybridized carbons (Fsp3) is 0.267. The molecule has 0 bridgehead atoms. The molecule has 1 aromatic rings. The topological polar surface area (TPSA) is 82.6 Å². The summed E-state index contributed by atoms with van der Waals surface area (Å²) in [5.74, 6) is -0.347. The largest absolute Gasteiger partial charge is 0.356 e. The van der Waals surface area contributed by atoms with Gasteiger partial charge in [-0.2, -0.15) is 0 Å². The maximum atomic E-state index is 11.8. The second kappa shape index (κ2) is 7.65. The summed E-state index contributed by atoms with van der Waals surface area (Å²) >= 11 is 1.24. The lowest BCUT2D eigenvalue weighted by molar-refractivity contribution is -0.125. The molecular weight excluding hydrogens is 300 g/mol. The highest BCUT2D eigenvalue weighted by Crippen LogP contribution is 2.22. The van der Waals surface area contributed by atoms with E-state index in [9.17, 15) is 9.59 Å². The number of carbonyl (C=O) groups excluding carboxylic acids is 2. The maximum Gasteiger partial charge on any atom is 0.240 e. The number of hydrogen-bond donors (Lipinski definition) is 3. The van der Waals surface area contributed by atoms with E-state index >= 15 is 0 Å². The van der Waals surface area contributed by atoms with Crippen molar-refractivity contribution in [2.45, 2.75) is 18.6 Å². The van der Waals surface area contributed by atoms with E-state index in [1.54, 1.807) is 0 Å². The minimum absolute atomic E-state index is 0.141. The van der Waals surface area contributed by atoms with Gasteiger partial charge in [-0.05, 0) is 12.5 Å². The van der Waals surface area contributed by atoms with Crippen molar-refractivity contribution < 1.29 is 9.59 Å². The van der Waals surface area contributed by atoms with Crippen LogP contribution in [0.3, 0.4) is 0 Å². The van der Waals surface area contributed by atoms with Gasteiger partial charge in [0.15, 0.2) is 5.17 Å². The molecule has 6 nitrogen and oxygen atoms in total. The highest BCUT2D eigenvalue weighted by atomic mass is 32.2. The van der Waals surface area contributed by atoms with Crippen LogP contribution in [0.1, 0.15) is 18.9 Å². The molecule has 7 heteroatoms. The molecule has 0 saturated carbocycles. The minimum atomic E-state index is -0.447. The number of carbonyl (C=O) groups is 2. The highest BCUT2D eigenvalue weighted by Gasteiger charge is 2.32. The first kappa shape index (κ1) is 16.1. The fourth-order valence-electron chi connectivity index (χ4n) is 1.85. The summed E-state index contributed by atoms with van der Waals surface area (Å²) in [6, 6.07) is 9.55. The van der Waals surface area contributed by atoms with Crippen molar-refractivity contribution in [3.63, 3.8) is 0 Å². The number of amidine groups is 1. The van der Waals surface area contributed by atoms with Crippen molar-refractivity contribution in [3.8, 4) is 0 Å². The van der Waals surface area contributed by atoms with Gasteiger partial charge in [-0.3, -0.25) is 15.0 Å². The standard InChI is InChI=1S/C15H18N4O2S/c1-3-16-13(20)9-12-14(21)17-15(22-12)19-18-10(2)11-7-5-4-6-8-11/h4-8,12,18H,2-3,9H2,1H3,(H,16,20)(H,17,19,21)/t12-/m0/s1. The average Bonchev–Trinajstić information content (AvgIpc) is 2.86. The van der Waals surface area contributed by atoms with E-state index in [0.29, 0.717) is 17.4 Å². The molecule has 2 rings (SSSR count). The van der Waals surface area contributed by atoms with Crippen LogP contribution in [0.15, 0.2) is 42.0 Å². The Morgan fingerprint density at radius 1 is 1.41 bits per heavy atom. The first-order valence-corrected chi connectivity index (χ1v) is 7.80. The van der Waals surface area contributed by atoms with E-state index in [2.05, 4.69) is 27.7 Å². The third kappa shape index (κ3) is 4.36. The van der Waals surface area contributed by atoms with E-state index in [1.165, 1.54) is 11.8 Å². The summed E-state index contributed by atoms with van der Waals surface area (Å²) in [6.07, 6.45) is 0.142. The zero-order valence-corrected chi connectivity index (χ0v) is 13.1. The Hall–Kier alpha value is -2.28. The summed E-state index contributed by atoms with van der Waals surface area (Å²) < 4.78 is 0. The molecule has 1 saturated heterocycles. The van der Waals surface area contributed by atoms with Gasteiger partial charge in [-0.15, -0.1) is 5.10 Å². The monoisotopic (exact) mass is 318 g/mol. The van der Waals surface area contributed by atoms with Crippen LogP contribution in [-0.4, -0.2) is 28.8 Å². The summed E-state index contributed by atoms with van der Waals surface area (Å²) in [6.45, 7) is 6.28. The molecule has 0 radical (unpaired) electrons. The van der Waals surface area contributed by atoms with Gasteiger partial charge in [0.05, 0.1) is 5.70 Å². The zero-order chi connectivity index (χ0) is 15.9. The third-order valence-corrected chi connectivity index (χ3v) is 4.02. The molecule has 2 amide bonds. The Morgan fingerprint density at radius 3 is 2.82 bits per heavy atom. The number of benzene rings is 1. The van der Waals surface area contributed by atoms with E-state index in [-0.39, 0.29) is 18.2 Å². The third-order valence-electron chi connectivity index (χ3n) is 2.94. The Kier molecular flexibility index (Phi) is 5.60. The van der Waals surface area contributed by atoms with Gasteiger partial charge >= 0.3 is 0 Å². The van der Waals surface area contributed by atoms with E-state index in [1.807, 2.05) is 37.3 Å².